The van der Waals surface area contributed by atoms with Crippen LogP contribution in [0.2, 0.25) is 0 Å². The number of fused-ring (bicyclic) bond motifs is 1. The zero-order chi connectivity index (χ0) is 21.3. The number of alkyl halides is 3. The fraction of sp³-hybridized carbons (Fsp3) is 0.100. The summed E-state index contributed by atoms with van der Waals surface area (Å²) in [4.78, 5) is 14.9. The molecule has 1 aromatic carbocycles. The number of aromatic amines is 1. The highest BCUT2D eigenvalue weighted by Crippen LogP contribution is 2.34. The predicted octanol–water partition coefficient (Wildman–Crippen LogP) is 4.66. The van der Waals surface area contributed by atoms with Crippen LogP contribution in [0.4, 0.5) is 23.5 Å². The van der Waals surface area contributed by atoms with E-state index >= 15 is 0 Å². The number of benzene rings is 1. The van der Waals surface area contributed by atoms with E-state index in [1.807, 2.05) is 6.07 Å². The number of halogens is 4. The van der Waals surface area contributed by atoms with E-state index < -0.39 is 11.7 Å². The van der Waals surface area contributed by atoms with Crippen LogP contribution in [0.25, 0.3) is 22.3 Å². The Kier molecular flexibility index (Phi) is 4.79. The summed E-state index contributed by atoms with van der Waals surface area (Å²) in [6.45, 7) is 0.219. The number of hydrogen-bond donors (Lipinski definition) is 2. The van der Waals surface area contributed by atoms with Gasteiger partial charge < -0.3 is 10.3 Å². The Morgan fingerprint density at radius 1 is 1.13 bits per heavy atom. The average Bonchev–Trinajstić information content (AvgIpc) is 3.14. The van der Waals surface area contributed by atoms with Crippen molar-refractivity contribution in [1.82, 2.24) is 19.9 Å². The first-order valence-corrected chi connectivity index (χ1v) is 8.65. The lowest BCUT2D eigenvalue weighted by molar-refractivity contribution is -0.137. The van der Waals surface area contributed by atoms with Crippen molar-refractivity contribution in [2.45, 2.75) is 12.7 Å². The Morgan fingerprint density at radius 2 is 1.97 bits per heavy atom. The van der Waals surface area contributed by atoms with Gasteiger partial charge in [0.2, 0.25) is 5.95 Å². The van der Waals surface area contributed by atoms with E-state index in [0.717, 1.165) is 12.3 Å². The van der Waals surface area contributed by atoms with Crippen LogP contribution in [0.1, 0.15) is 16.7 Å². The molecule has 0 aliphatic carbocycles. The molecule has 4 aromatic rings. The second-order valence-corrected chi connectivity index (χ2v) is 6.37. The first-order valence-electron chi connectivity index (χ1n) is 8.65. The molecule has 0 aliphatic heterocycles. The van der Waals surface area contributed by atoms with Gasteiger partial charge >= 0.3 is 6.18 Å². The van der Waals surface area contributed by atoms with Gasteiger partial charge in [0.25, 0.3) is 0 Å². The van der Waals surface area contributed by atoms with Gasteiger partial charge in [-0.3, -0.25) is 0 Å². The molecular formula is C20H12F4N6. The molecule has 0 fully saturated rings. The predicted molar refractivity (Wildman–Crippen MR) is 101 cm³/mol. The highest BCUT2D eigenvalue weighted by atomic mass is 19.4. The van der Waals surface area contributed by atoms with Crippen molar-refractivity contribution >= 4 is 17.0 Å². The summed E-state index contributed by atoms with van der Waals surface area (Å²) >= 11 is 0. The molecule has 150 valence electrons. The summed E-state index contributed by atoms with van der Waals surface area (Å²) in [5, 5.41) is 12.5. The van der Waals surface area contributed by atoms with Crippen molar-refractivity contribution in [3.05, 3.63) is 71.4 Å². The van der Waals surface area contributed by atoms with Gasteiger partial charge in [-0.1, -0.05) is 12.1 Å². The minimum Gasteiger partial charge on any atom is -0.350 e. The van der Waals surface area contributed by atoms with E-state index in [2.05, 4.69) is 25.3 Å². The minimum absolute atomic E-state index is 0.0876. The Labute approximate surface area is 167 Å². The molecule has 0 atom stereocenters. The Bertz CT molecular complexity index is 1270. The molecule has 2 N–H and O–H groups in total. The monoisotopic (exact) mass is 412 g/mol. The molecule has 0 radical (unpaired) electrons. The van der Waals surface area contributed by atoms with Gasteiger partial charge in [0, 0.05) is 29.9 Å². The second kappa shape index (κ2) is 7.44. The largest absolute Gasteiger partial charge is 0.417 e. The topological polar surface area (TPSA) is 90.3 Å². The number of anilines is 1. The van der Waals surface area contributed by atoms with Gasteiger partial charge in [0.15, 0.2) is 0 Å². The molecule has 0 amide bonds. The molecule has 4 rings (SSSR count). The Balaban J connectivity index is 1.73. The molecule has 10 heteroatoms. The van der Waals surface area contributed by atoms with Gasteiger partial charge in [0.1, 0.15) is 17.5 Å². The van der Waals surface area contributed by atoms with Crippen LogP contribution in [0.5, 0.6) is 0 Å². The number of aromatic nitrogens is 4. The fourth-order valence-corrected chi connectivity index (χ4v) is 2.94. The summed E-state index contributed by atoms with van der Waals surface area (Å²) < 4.78 is 52.6. The van der Waals surface area contributed by atoms with E-state index in [1.165, 1.54) is 24.5 Å². The standard InChI is InChI=1S/C20H12F4N6/c21-14-3-1-2-11(4-14)7-28-19-29-8-12(6-25)17(30-19)16-10-27-18-15(16)5-13(9-26-18)20(22,23)24/h1-5,8-10H,7H2,(H,26,27)(H,28,29,30). The van der Waals surface area contributed by atoms with E-state index in [0.29, 0.717) is 5.56 Å². The minimum atomic E-state index is -4.56. The molecule has 3 heterocycles. The van der Waals surface area contributed by atoms with Gasteiger partial charge in [0.05, 0.1) is 23.0 Å². The summed E-state index contributed by atoms with van der Waals surface area (Å²) in [5.41, 5.74) is 0.501. The van der Waals surface area contributed by atoms with Crippen molar-refractivity contribution in [1.29, 1.82) is 5.26 Å². The van der Waals surface area contributed by atoms with Crippen LogP contribution in [-0.2, 0) is 12.7 Å². The highest BCUT2D eigenvalue weighted by Gasteiger charge is 2.31. The van der Waals surface area contributed by atoms with E-state index in [-0.39, 0.29) is 46.2 Å². The average molecular weight is 412 g/mol. The zero-order valence-electron chi connectivity index (χ0n) is 15.1. The molecule has 0 spiro atoms. The van der Waals surface area contributed by atoms with Crippen molar-refractivity contribution < 1.29 is 17.6 Å². The maximum absolute atomic E-state index is 13.3. The zero-order valence-corrected chi connectivity index (χ0v) is 15.1. The smallest absolute Gasteiger partial charge is 0.350 e. The second-order valence-electron chi connectivity index (χ2n) is 6.37. The number of pyridine rings is 1. The molecular weight excluding hydrogens is 400 g/mol. The molecule has 0 saturated heterocycles. The molecule has 0 bridgehead atoms. The lowest BCUT2D eigenvalue weighted by Gasteiger charge is -2.09. The number of hydrogen-bond acceptors (Lipinski definition) is 5. The highest BCUT2D eigenvalue weighted by molar-refractivity contribution is 5.94. The SMILES string of the molecule is N#Cc1cnc(NCc2cccc(F)c2)nc1-c1c[nH]c2ncc(C(F)(F)F)cc12. The molecule has 6 nitrogen and oxygen atoms in total. The van der Waals surface area contributed by atoms with E-state index in [1.54, 1.807) is 12.1 Å². The van der Waals surface area contributed by atoms with Crippen molar-refractivity contribution in [2.24, 2.45) is 0 Å². The molecule has 0 aliphatic rings. The van der Waals surface area contributed by atoms with Crippen LogP contribution >= 0.6 is 0 Å². The van der Waals surface area contributed by atoms with Gasteiger partial charge in [-0.25, -0.2) is 19.3 Å². The van der Waals surface area contributed by atoms with Crippen LogP contribution in [0.3, 0.4) is 0 Å². The number of nitrogens with zero attached hydrogens (tertiary/aromatic N) is 4. The first-order chi connectivity index (χ1) is 14.3. The summed E-state index contributed by atoms with van der Waals surface area (Å²) in [6.07, 6.45) is -1.11. The number of rotatable bonds is 4. The molecule has 0 unspecified atom stereocenters. The third-order valence-electron chi connectivity index (χ3n) is 4.36. The third kappa shape index (κ3) is 3.77. The maximum atomic E-state index is 13.3. The lowest BCUT2D eigenvalue weighted by Crippen LogP contribution is -2.06. The van der Waals surface area contributed by atoms with Crippen molar-refractivity contribution in [2.75, 3.05) is 5.32 Å². The van der Waals surface area contributed by atoms with Crippen LogP contribution in [0.15, 0.2) is 48.9 Å². The summed E-state index contributed by atoms with van der Waals surface area (Å²) in [5.74, 6) is -0.245. The van der Waals surface area contributed by atoms with Crippen LogP contribution in [0, 0.1) is 17.1 Å². The quantitative estimate of drug-likeness (QED) is 0.476. The van der Waals surface area contributed by atoms with E-state index in [4.69, 9.17) is 0 Å². The van der Waals surface area contributed by atoms with Gasteiger partial charge in [-0.05, 0) is 23.8 Å². The van der Waals surface area contributed by atoms with Crippen molar-refractivity contribution in [3.63, 3.8) is 0 Å². The summed E-state index contributed by atoms with van der Waals surface area (Å²) in [6, 6.07) is 8.84. The number of nitriles is 1. The third-order valence-corrected chi connectivity index (χ3v) is 4.36. The van der Waals surface area contributed by atoms with Crippen LogP contribution in [-0.4, -0.2) is 19.9 Å². The molecule has 30 heavy (non-hydrogen) atoms. The molecule has 0 saturated carbocycles. The Morgan fingerprint density at radius 3 is 2.70 bits per heavy atom. The van der Waals surface area contributed by atoms with Crippen LogP contribution < -0.4 is 5.32 Å². The Hall–Kier alpha value is -4.00. The molecule has 3 aromatic heterocycles. The maximum Gasteiger partial charge on any atom is 0.417 e. The van der Waals surface area contributed by atoms with Gasteiger partial charge in [-0.15, -0.1) is 0 Å². The van der Waals surface area contributed by atoms with E-state index in [9.17, 15) is 22.8 Å². The lowest BCUT2D eigenvalue weighted by atomic mass is 10.1. The van der Waals surface area contributed by atoms with Gasteiger partial charge in [-0.2, -0.15) is 18.4 Å². The van der Waals surface area contributed by atoms with Crippen molar-refractivity contribution in [3.8, 4) is 17.3 Å². The first kappa shape index (κ1) is 19.3. The fourth-order valence-electron chi connectivity index (χ4n) is 2.94. The number of nitrogens with one attached hydrogen (secondary N) is 2. The summed E-state index contributed by atoms with van der Waals surface area (Å²) in [7, 11) is 0. The number of H-pyrrole nitrogens is 1. The normalized spacial score (nSPS) is 11.4.